The molecule has 0 heterocycles. The minimum absolute atomic E-state index is 0.225. The lowest BCUT2D eigenvalue weighted by Gasteiger charge is -2.18. The van der Waals surface area contributed by atoms with Crippen LogP contribution < -0.4 is 10.5 Å². The molecule has 0 amide bonds. The fourth-order valence-electron chi connectivity index (χ4n) is 2.00. The minimum Gasteiger partial charge on any atom is -0.492 e. The summed E-state index contributed by atoms with van der Waals surface area (Å²) in [7, 11) is 2.11. The summed E-state index contributed by atoms with van der Waals surface area (Å²) >= 11 is 0. The van der Waals surface area contributed by atoms with E-state index in [0.717, 1.165) is 18.2 Å². The van der Waals surface area contributed by atoms with Gasteiger partial charge in [-0.05, 0) is 45.0 Å². The van der Waals surface area contributed by atoms with Gasteiger partial charge >= 0.3 is 0 Å². The second-order valence-electron chi connectivity index (χ2n) is 5.03. The largest absolute Gasteiger partial charge is 0.492 e. The van der Waals surface area contributed by atoms with Gasteiger partial charge in [0.05, 0.1) is 0 Å². The summed E-state index contributed by atoms with van der Waals surface area (Å²) in [5.41, 5.74) is 6.54. The molecule has 2 N–H and O–H groups in total. The van der Waals surface area contributed by atoms with Crippen molar-refractivity contribution < 1.29 is 9.13 Å². The Morgan fingerprint density at radius 2 is 2.22 bits per heavy atom. The van der Waals surface area contributed by atoms with Crippen LogP contribution in [0.25, 0.3) is 0 Å². The van der Waals surface area contributed by atoms with Crippen molar-refractivity contribution in [2.45, 2.75) is 31.8 Å². The minimum atomic E-state index is -0.273. The normalized spacial score (nSPS) is 16.9. The number of rotatable bonds is 6. The third kappa shape index (κ3) is 3.43. The molecule has 100 valence electrons. The molecule has 3 nitrogen and oxygen atoms in total. The summed E-state index contributed by atoms with van der Waals surface area (Å²) in [6.07, 6.45) is 2.58. The first-order chi connectivity index (χ1) is 8.58. The van der Waals surface area contributed by atoms with E-state index in [1.54, 1.807) is 6.07 Å². The Labute approximate surface area is 108 Å². The standard InChI is InChI=1S/C14H21FN2O/c1-10(16)13-9-11(15)3-6-14(13)18-8-7-17(2)12-4-5-12/h3,6,9-10,12H,4-5,7-8,16H2,1-2H3/t10-/m1/s1. The Bertz CT molecular complexity index is 405. The zero-order chi connectivity index (χ0) is 13.1. The van der Waals surface area contributed by atoms with Crippen molar-refractivity contribution in [2.24, 2.45) is 5.73 Å². The maximum atomic E-state index is 13.2. The van der Waals surface area contributed by atoms with Crippen molar-refractivity contribution in [1.29, 1.82) is 0 Å². The average molecular weight is 252 g/mol. The van der Waals surface area contributed by atoms with E-state index in [0.29, 0.717) is 12.4 Å². The van der Waals surface area contributed by atoms with Crippen LogP contribution in [0.4, 0.5) is 4.39 Å². The van der Waals surface area contributed by atoms with Crippen molar-refractivity contribution in [3.05, 3.63) is 29.6 Å². The maximum absolute atomic E-state index is 13.2. The molecule has 1 aliphatic carbocycles. The molecule has 0 spiro atoms. The quantitative estimate of drug-likeness (QED) is 0.844. The van der Waals surface area contributed by atoms with Gasteiger partial charge in [-0.3, -0.25) is 0 Å². The van der Waals surface area contributed by atoms with Crippen molar-refractivity contribution >= 4 is 0 Å². The Hall–Kier alpha value is -1.13. The highest BCUT2D eigenvalue weighted by atomic mass is 19.1. The van der Waals surface area contributed by atoms with Gasteiger partial charge in [0, 0.05) is 24.2 Å². The van der Waals surface area contributed by atoms with E-state index in [1.165, 1.54) is 25.0 Å². The van der Waals surface area contributed by atoms with E-state index >= 15 is 0 Å². The molecule has 0 radical (unpaired) electrons. The molecule has 0 aromatic heterocycles. The van der Waals surface area contributed by atoms with E-state index < -0.39 is 0 Å². The number of ether oxygens (including phenoxy) is 1. The number of likely N-dealkylation sites (N-methyl/N-ethyl adjacent to an activating group) is 1. The van der Waals surface area contributed by atoms with E-state index in [-0.39, 0.29) is 11.9 Å². The number of nitrogens with zero attached hydrogens (tertiary/aromatic N) is 1. The molecule has 1 fully saturated rings. The fraction of sp³-hybridized carbons (Fsp3) is 0.571. The first-order valence-electron chi connectivity index (χ1n) is 6.46. The second-order valence-corrected chi connectivity index (χ2v) is 5.03. The zero-order valence-electron chi connectivity index (χ0n) is 11.0. The average Bonchev–Trinajstić information content (AvgIpc) is 3.14. The molecule has 2 rings (SSSR count). The SMILES string of the molecule is C[C@@H](N)c1cc(F)ccc1OCCN(C)C1CC1. The molecule has 1 saturated carbocycles. The van der Waals surface area contributed by atoms with Crippen LogP contribution in [0.15, 0.2) is 18.2 Å². The van der Waals surface area contributed by atoms with Crippen LogP contribution in [-0.2, 0) is 0 Å². The first kappa shape index (κ1) is 13.3. The van der Waals surface area contributed by atoms with Crippen LogP contribution >= 0.6 is 0 Å². The molecule has 1 atom stereocenters. The second kappa shape index (κ2) is 5.67. The zero-order valence-corrected chi connectivity index (χ0v) is 11.0. The van der Waals surface area contributed by atoms with Crippen LogP contribution in [0.1, 0.15) is 31.4 Å². The Kier molecular flexibility index (Phi) is 4.19. The fourth-order valence-corrected chi connectivity index (χ4v) is 2.00. The van der Waals surface area contributed by atoms with Gasteiger partial charge in [0.1, 0.15) is 18.2 Å². The van der Waals surface area contributed by atoms with Gasteiger partial charge in [-0.25, -0.2) is 4.39 Å². The molecule has 18 heavy (non-hydrogen) atoms. The lowest BCUT2D eigenvalue weighted by atomic mass is 10.1. The molecule has 0 aliphatic heterocycles. The summed E-state index contributed by atoms with van der Waals surface area (Å²) in [6.45, 7) is 3.33. The van der Waals surface area contributed by atoms with E-state index in [9.17, 15) is 4.39 Å². The van der Waals surface area contributed by atoms with Gasteiger partial charge in [-0.1, -0.05) is 0 Å². The number of benzene rings is 1. The predicted molar refractivity (Wildman–Crippen MR) is 70.1 cm³/mol. The van der Waals surface area contributed by atoms with Gasteiger partial charge in [-0.15, -0.1) is 0 Å². The molecular formula is C14H21FN2O. The van der Waals surface area contributed by atoms with Crippen molar-refractivity contribution in [2.75, 3.05) is 20.2 Å². The summed E-state index contributed by atoms with van der Waals surface area (Å²) in [5.74, 6) is 0.417. The predicted octanol–water partition coefficient (Wildman–Crippen LogP) is 2.32. The molecule has 1 aromatic rings. The van der Waals surface area contributed by atoms with E-state index in [2.05, 4.69) is 11.9 Å². The lowest BCUT2D eigenvalue weighted by Crippen LogP contribution is -2.26. The van der Waals surface area contributed by atoms with Gasteiger partial charge in [-0.2, -0.15) is 0 Å². The smallest absolute Gasteiger partial charge is 0.124 e. The number of nitrogens with two attached hydrogens (primary N) is 1. The van der Waals surface area contributed by atoms with Gasteiger partial charge < -0.3 is 15.4 Å². The van der Waals surface area contributed by atoms with Gasteiger partial charge in [0.15, 0.2) is 0 Å². The third-order valence-electron chi connectivity index (χ3n) is 3.33. The highest BCUT2D eigenvalue weighted by Gasteiger charge is 2.25. The van der Waals surface area contributed by atoms with Crippen LogP contribution in [0.5, 0.6) is 5.75 Å². The summed E-state index contributed by atoms with van der Waals surface area (Å²) in [4.78, 5) is 2.30. The van der Waals surface area contributed by atoms with Crippen LogP contribution in [0.3, 0.4) is 0 Å². The summed E-state index contributed by atoms with van der Waals surface area (Å²) < 4.78 is 18.9. The van der Waals surface area contributed by atoms with E-state index in [4.69, 9.17) is 10.5 Å². The summed E-state index contributed by atoms with van der Waals surface area (Å²) in [6, 6.07) is 5.02. The number of halogens is 1. The Morgan fingerprint density at radius 3 is 2.83 bits per heavy atom. The Balaban J connectivity index is 1.91. The van der Waals surface area contributed by atoms with E-state index in [1.807, 2.05) is 6.92 Å². The van der Waals surface area contributed by atoms with Crippen molar-refractivity contribution in [1.82, 2.24) is 4.90 Å². The van der Waals surface area contributed by atoms with Gasteiger partial charge in [0.25, 0.3) is 0 Å². The molecule has 1 aliphatic rings. The molecule has 0 unspecified atom stereocenters. The molecule has 0 bridgehead atoms. The first-order valence-corrected chi connectivity index (χ1v) is 6.46. The van der Waals surface area contributed by atoms with Crippen LogP contribution in [-0.4, -0.2) is 31.1 Å². The molecule has 0 saturated heterocycles. The lowest BCUT2D eigenvalue weighted by molar-refractivity contribution is 0.230. The molecular weight excluding hydrogens is 231 g/mol. The molecule has 4 heteroatoms. The topological polar surface area (TPSA) is 38.5 Å². The highest BCUT2D eigenvalue weighted by Crippen LogP contribution is 2.26. The van der Waals surface area contributed by atoms with Crippen molar-refractivity contribution in [3.8, 4) is 5.75 Å². The van der Waals surface area contributed by atoms with Crippen LogP contribution in [0.2, 0.25) is 0 Å². The monoisotopic (exact) mass is 252 g/mol. The molecule has 1 aromatic carbocycles. The third-order valence-corrected chi connectivity index (χ3v) is 3.33. The summed E-state index contributed by atoms with van der Waals surface area (Å²) in [5, 5.41) is 0. The number of hydrogen-bond donors (Lipinski definition) is 1. The van der Waals surface area contributed by atoms with Crippen LogP contribution in [0, 0.1) is 5.82 Å². The van der Waals surface area contributed by atoms with Crippen molar-refractivity contribution in [3.63, 3.8) is 0 Å². The highest BCUT2D eigenvalue weighted by molar-refractivity contribution is 5.36. The van der Waals surface area contributed by atoms with Gasteiger partial charge in [0.2, 0.25) is 0 Å². The maximum Gasteiger partial charge on any atom is 0.124 e. The Morgan fingerprint density at radius 1 is 1.50 bits per heavy atom. The number of hydrogen-bond acceptors (Lipinski definition) is 3.